The molecule has 0 aromatic carbocycles. The fourth-order valence-corrected chi connectivity index (χ4v) is 12.7. The summed E-state index contributed by atoms with van der Waals surface area (Å²) in [6.07, 6.45) is 65.5. The summed E-state index contributed by atoms with van der Waals surface area (Å²) in [5.41, 5.74) is 0. The zero-order chi connectivity index (χ0) is 70.4. The molecule has 564 valence electrons. The van der Waals surface area contributed by atoms with Gasteiger partial charge in [0.15, 0.2) is 12.2 Å². The maximum absolute atomic E-state index is 13.1. The van der Waals surface area contributed by atoms with E-state index < -0.39 is 97.5 Å². The molecule has 0 spiro atoms. The van der Waals surface area contributed by atoms with Crippen molar-refractivity contribution < 1.29 is 80.2 Å². The SMILES string of the molecule is CCCCC/C=C\C/C=C\CCCCCCCC(=O)O[C@H](COC(=O)CCCCCCCCCCCCCCC)COP(=O)(O)OC[C@H](O)COP(=O)(O)OC[C@@H](COC(=O)CCCCCCCCC/C=C\CCCCCC)OC(=O)CCCCCCCCCCCCCCC. The molecule has 0 aliphatic rings. The predicted molar refractivity (Wildman–Crippen MR) is 391 cm³/mol. The largest absolute Gasteiger partial charge is 0.472 e. The molecule has 0 aromatic heterocycles. The maximum Gasteiger partial charge on any atom is 0.472 e. The number of ether oxygens (including phenoxy) is 4. The van der Waals surface area contributed by atoms with E-state index in [9.17, 15) is 43.2 Å². The van der Waals surface area contributed by atoms with E-state index in [0.29, 0.717) is 25.7 Å². The molecule has 0 radical (unpaired) electrons. The number of aliphatic hydroxyl groups is 1. The van der Waals surface area contributed by atoms with Crippen LogP contribution in [0.15, 0.2) is 36.5 Å². The fourth-order valence-electron chi connectivity index (χ4n) is 11.1. The molecule has 0 saturated carbocycles. The standard InChI is InChI=1S/C77H144O17P2/c1-5-9-13-17-21-25-29-33-35-39-42-46-50-54-58-62-75(80)88-68-72(93-76(81)63-59-55-51-47-43-38-32-28-24-20-16-12-8-4)69-91-95(83,84)89-65-71(78)66-90-96(85,86)92-70-73(67-87-74(79)61-57-53-49-45-41-37-31-27-23-19-15-11-7-3)94-77(82)64-60-56-52-48-44-40-36-34-30-26-22-18-14-10-6-2/h22,25-26,29,34,36,71-73,78H,5-21,23-24,27-28,30-33,35,37-70H2,1-4H3,(H,83,84)(H,85,86)/b26-22-,29-25-,36-34-/t71-,72-,73-/m1/s1. The van der Waals surface area contributed by atoms with Crippen molar-refractivity contribution in [2.45, 2.75) is 393 Å². The first-order valence-corrected chi connectivity index (χ1v) is 42.2. The van der Waals surface area contributed by atoms with Crippen LogP contribution in [-0.2, 0) is 65.4 Å². The Kier molecular flexibility index (Phi) is 68.7. The summed E-state index contributed by atoms with van der Waals surface area (Å²) in [5.74, 6) is -2.15. The highest BCUT2D eigenvalue weighted by molar-refractivity contribution is 7.47. The van der Waals surface area contributed by atoms with Gasteiger partial charge in [0.25, 0.3) is 0 Å². The van der Waals surface area contributed by atoms with Gasteiger partial charge in [-0.2, -0.15) is 0 Å². The van der Waals surface area contributed by atoms with Gasteiger partial charge in [-0.25, -0.2) is 9.13 Å². The Morgan fingerprint density at radius 3 is 0.812 bits per heavy atom. The number of esters is 4. The van der Waals surface area contributed by atoms with Gasteiger partial charge < -0.3 is 33.8 Å². The number of hydrogen-bond donors (Lipinski definition) is 3. The second-order valence-corrected chi connectivity index (χ2v) is 29.6. The molecule has 0 rings (SSSR count). The summed E-state index contributed by atoms with van der Waals surface area (Å²) in [6.45, 7) is 4.90. The highest BCUT2D eigenvalue weighted by atomic mass is 31.2. The van der Waals surface area contributed by atoms with E-state index in [0.717, 1.165) is 128 Å². The quantitative estimate of drug-likeness (QED) is 0.0169. The molecule has 0 aliphatic carbocycles. The lowest BCUT2D eigenvalue weighted by Gasteiger charge is -2.21. The molecule has 0 amide bonds. The minimum atomic E-state index is -4.97. The smallest absolute Gasteiger partial charge is 0.462 e. The summed E-state index contributed by atoms with van der Waals surface area (Å²) in [7, 11) is -9.93. The number of carbonyl (C=O) groups excluding carboxylic acids is 4. The number of hydrogen-bond acceptors (Lipinski definition) is 15. The van der Waals surface area contributed by atoms with Crippen molar-refractivity contribution in [3.05, 3.63) is 36.5 Å². The first-order valence-electron chi connectivity index (χ1n) is 39.2. The molecule has 0 aromatic rings. The van der Waals surface area contributed by atoms with Crippen LogP contribution >= 0.6 is 15.6 Å². The van der Waals surface area contributed by atoms with Gasteiger partial charge in [-0.3, -0.25) is 37.3 Å². The summed E-state index contributed by atoms with van der Waals surface area (Å²) in [6, 6.07) is 0. The molecule has 96 heavy (non-hydrogen) atoms. The van der Waals surface area contributed by atoms with Crippen LogP contribution in [-0.4, -0.2) is 96.7 Å². The normalized spacial score (nSPS) is 14.1. The average Bonchev–Trinajstić information content (AvgIpc) is 1.29. The van der Waals surface area contributed by atoms with Gasteiger partial charge in [-0.15, -0.1) is 0 Å². The van der Waals surface area contributed by atoms with Gasteiger partial charge in [0.2, 0.25) is 0 Å². The van der Waals surface area contributed by atoms with Gasteiger partial charge in [0.1, 0.15) is 19.3 Å². The first kappa shape index (κ1) is 93.3. The number of aliphatic hydroxyl groups excluding tert-OH is 1. The topological polar surface area (TPSA) is 237 Å². The van der Waals surface area contributed by atoms with Gasteiger partial charge in [-0.05, 0) is 83.5 Å². The zero-order valence-electron chi connectivity index (χ0n) is 61.6. The van der Waals surface area contributed by atoms with Crippen LogP contribution in [0.2, 0.25) is 0 Å². The van der Waals surface area contributed by atoms with E-state index in [2.05, 4.69) is 64.2 Å². The number of rotatable bonds is 75. The van der Waals surface area contributed by atoms with Crippen molar-refractivity contribution in [2.75, 3.05) is 39.6 Å². The molecule has 0 heterocycles. The van der Waals surface area contributed by atoms with Crippen molar-refractivity contribution >= 4 is 39.5 Å². The lowest BCUT2D eigenvalue weighted by Crippen LogP contribution is -2.30. The first-order chi connectivity index (χ1) is 46.7. The molecular formula is C77H144O17P2. The third-order valence-electron chi connectivity index (χ3n) is 17.1. The lowest BCUT2D eigenvalue weighted by atomic mass is 10.0. The maximum atomic E-state index is 13.1. The van der Waals surface area contributed by atoms with Crippen LogP contribution < -0.4 is 0 Å². The lowest BCUT2D eigenvalue weighted by molar-refractivity contribution is -0.161. The van der Waals surface area contributed by atoms with Gasteiger partial charge in [-0.1, -0.05) is 302 Å². The van der Waals surface area contributed by atoms with Crippen LogP contribution in [0.1, 0.15) is 374 Å². The molecule has 0 bridgehead atoms. The van der Waals surface area contributed by atoms with Crippen LogP contribution in [0, 0.1) is 0 Å². The van der Waals surface area contributed by atoms with E-state index in [4.69, 9.17) is 37.0 Å². The van der Waals surface area contributed by atoms with E-state index >= 15 is 0 Å². The van der Waals surface area contributed by atoms with Crippen LogP contribution in [0.3, 0.4) is 0 Å². The second-order valence-electron chi connectivity index (χ2n) is 26.7. The van der Waals surface area contributed by atoms with Crippen molar-refractivity contribution in [1.82, 2.24) is 0 Å². The summed E-state index contributed by atoms with van der Waals surface area (Å²) >= 11 is 0. The van der Waals surface area contributed by atoms with Gasteiger partial charge in [0.05, 0.1) is 26.4 Å². The molecule has 2 unspecified atom stereocenters. The molecule has 19 heteroatoms. The number of carbonyl (C=O) groups is 4. The Morgan fingerprint density at radius 1 is 0.292 bits per heavy atom. The Bertz CT molecular complexity index is 1970. The number of phosphoric acid groups is 2. The molecular weight excluding hydrogens is 1260 g/mol. The van der Waals surface area contributed by atoms with Crippen LogP contribution in [0.25, 0.3) is 0 Å². The molecule has 0 saturated heterocycles. The molecule has 17 nitrogen and oxygen atoms in total. The predicted octanol–water partition coefficient (Wildman–Crippen LogP) is 22.3. The van der Waals surface area contributed by atoms with Crippen molar-refractivity contribution in [3.8, 4) is 0 Å². The minimum absolute atomic E-state index is 0.0864. The van der Waals surface area contributed by atoms with Crippen molar-refractivity contribution in [1.29, 1.82) is 0 Å². The molecule has 3 N–H and O–H groups in total. The highest BCUT2D eigenvalue weighted by Crippen LogP contribution is 2.45. The van der Waals surface area contributed by atoms with E-state index in [1.165, 1.54) is 167 Å². The Labute approximate surface area is 585 Å². The Balaban J connectivity index is 5.30. The van der Waals surface area contributed by atoms with Crippen LogP contribution in [0.5, 0.6) is 0 Å². The molecule has 0 aliphatic heterocycles. The third-order valence-corrected chi connectivity index (χ3v) is 19.0. The van der Waals surface area contributed by atoms with Crippen molar-refractivity contribution in [2.24, 2.45) is 0 Å². The molecule has 0 fully saturated rings. The van der Waals surface area contributed by atoms with Gasteiger partial charge in [0, 0.05) is 25.7 Å². The zero-order valence-corrected chi connectivity index (χ0v) is 63.4. The third kappa shape index (κ3) is 69.7. The summed E-state index contributed by atoms with van der Waals surface area (Å²) in [4.78, 5) is 72.8. The van der Waals surface area contributed by atoms with Crippen molar-refractivity contribution in [3.63, 3.8) is 0 Å². The van der Waals surface area contributed by atoms with E-state index in [1.807, 2.05) is 0 Å². The monoisotopic (exact) mass is 1400 g/mol. The van der Waals surface area contributed by atoms with Gasteiger partial charge >= 0.3 is 39.5 Å². The van der Waals surface area contributed by atoms with Crippen LogP contribution in [0.4, 0.5) is 0 Å². The summed E-state index contributed by atoms with van der Waals surface area (Å²) in [5, 5.41) is 10.6. The number of phosphoric ester groups is 2. The Hall–Kier alpha value is -2.72. The Morgan fingerprint density at radius 2 is 0.510 bits per heavy atom. The highest BCUT2D eigenvalue weighted by Gasteiger charge is 2.30. The number of allylic oxidation sites excluding steroid dienone is 6. The number of unbranched alkanes of at least 4 members (excludes halogenated alkanes) is 43. The molecule has 5 atom stereocenters. The second kappa shape index (κ2) is 70.7. The van der Waals surface area contributed by atoms with E-state index in [1.54, 1.807) is 0 Å². The minimum Gasteiger partial charge on any atom is -0.462 e. The average molecular weight is 1400 g/mol. The fraction of sp³-hybridized carbons (Fsp3) is 0.870. The van der Waals surface area contributed by atoms with E-state index in [-0.39, 0.29) is 25.7 Å². The summed E-state index contributed by atoms with van der Waals surface area (Å²) < 4.78 is 68.5.